The van der Waals surface area contributed by atoms with Gasteiger partial charge in [-0.05, 0) is 44.7 Å². The molecule has 128 valence electrons. The van der Waals surface area contributed by atoms with E-state index in [1.54, 1.807) is 18.0 Å². The molecule has 0 aliphatic carbocycles. The molecule has 0 bridgehead atoms. The summed E-state index contributed by atoms with van der Waals surface area (Å²) in [7, 11) is 1.73. The number of hydrogen-bond donors (Lipinski definition) is 0. The van der Waals surface area contributed by atoms with Gasteiger partial charge in [-0.1, -0.05) is 6.07 Å². The van der Waals surface area contributed by atoms with Crippen molar-refractivity contribution in [2.45, 2.75) is 38.7 Å². The third-order valence-corrected chi connectivity index (χ3v) is 4.54. The van der Waals surface area contributed by atoms with Crippen LogP contribution in [0.1, 0.15) is 41.7 Å². The van der Waals surface area contributed by atoms with Crippen LogP contribution in [-0.2, 0) is 4.74 Å². The Hall–Kier alpha value is -2.21. The number of pyridine rings is 1. The fourth-order valence-electron chi connectivity index (χ4n) is 3.16. The summed E-state index contributed by atoms with van der Waals surface area (Å²) in [5.41, 5.74) is 1.12. The van der Waals surface area contributed by atoms with E-state index in [-0.39, 0.29) is 17.0 Å². The van der Waals surface area contributed by atoms with Gasteiger partial charge in [0.2, 0.25) is 0 Å². The molecular formula is C18H23N3O3. The first-order valence-corrected chi connectivity index (χ1v) is 8.42. The second kappa shape index (κ2) is 7.13. The molecule has 0 unspecified atom stereocenters. The van der Waals surface area contributed by atoms with Crippen molar-refractivity contribution < 1.29 is 9.53 Å². The topological polar surface area (TPSA) is 63.9 Å². The molecule has 2 aromatic rings. The molecule has 0 saturated carbocycles. The van der Waals surface area contributed by atoms with Crippen molar-refractivity contribution >= 4 is 11.6 Å². The number of nitrogens with zero attached hydrogens (tertiary/aromatic N) is 3. The van der Waals surface area contributed by atoms with Crippen LogP contribution in [0.4, 0.5) is 0 Å². The molecule has 24 heavy (non-hydrogen) atoms. The maximum absolute atomic E-state index is 12.6. The lowest BCUT2D eigenvalue weighted by Crippen LogP contribution is -2.34. The zero-order valence-electron chi connectivity index (χ0n) is 14.2. The van der Waals surface area contributed by atoms with E-state index in [0.29, 0.717) is 18.3 Å². The number of hydrogen-bond acceptors (Lipinski definition) is 4. The Morgan fingerprint density at radius 3 is 3.04 bits per heavy atom. The Balaban J connectivity index is 1.72. The standard InChI is InChI=1S/C18H23N3O3/c1-13-6-3-9-16-19-12-15(18(23)21(13)16)17(22)20(2)10-4-7-14-8-5-11-24-14/h3,6,9,12,14H,4-5,7-8,10-11H2,1-2H3/t14-/m1/s1. The highest BCUT2D eigenvalue weighted by atomic mass is 16.5. The van der Waals surface area contributed by atoms with Crippen LogP contribution in [0, 0.1) is 6.92 Å². The second-order valence-electron chi connectivity index (χ2n) is 6.34. The van der Waals surface area contributed by atoms with Crippen LogP contribution in [0.5, 0.6) is 0 Å². The minimum Gasteiger partial charge on any atom is -0.378 e. The van der Waals surface area contributed by atoms with Gasteiger partial charge < -0.3 is 9.64 Å². The molecule has 6 nitrogen and oxygen atoms in total. The van der Waals surface area contributed by atoms with Gasteiger partial charge in [0.1, 0.15) is 11.2 Å². The summed E-state index contributed by atoms with van der Waals surface area (Å²) in [5.74, 6) is -0.280. The van der Waals surface area contributed by atoms with E-state index in [4.69, 9.17) is 4.74 Å². The van der Waals surface area contributed by atoms with E-state index < -0.39 is 0 Å². The van der Waals surface area contributed by atoms with Crippen molar-refractivity contribution in [2.75, 3.05) is 20.2 Å². The first-order chi connectivity index (χ1) is 11.6. The number of carbonyl (C=O) groups excluding carboxylic acids is 1. The lowest BCUT2D eigenvalue weighted by atomic mass is 10.1. The Labute approximate surface area is 141 Å². The molecule has 1 saturated heterocycles. The summed E-state index contributed by atoms with van der Waals surface area (Å²) in [6.07, 6.45) is 5.75. The highest BCUT2D eigenvalue weighted by Gasteiger charge is 2.19. The van der Waals surface area contributed by atoms with Crippen LogP contribution in [0.25, 0.3) is 5.65 Å². The van der Waals surface area contributed by atoms with Crippen LogP contribution < -0.4 is 5.56 Å². The summed E-state index contributed by atoms with van der Waals surface area (Å²) >= 11 is 0. The fraction of sp³-hybridized carbons (Fsp3) is 0.500. The van der Waals surface area contributed by atoms with Crippen molar-refractivity contribution in [3.8, 4) is 0 Å². The predicted molar refractivity (Wildman–Crippen MR) is 91.4 cm³/mol. The van der Waals surface area contributed by atoms with Gasteiger partial charge in [-0.2, -0.15) is 0 Å². The SMILES string of the molecule is Cc1cccc2ncc(C(=O)N(C)CCC[C@@H]3CCCO3)c(=O)n12. The van der Waals surface area contributed by atoms with E-state index in [9.17, 15) is 9.59 Å². The van der Waals surface area contributed by atoms with E-state index >= 15 is 0 Å². The molecule has 2 aromatic heterocycles. The number of amides is 1. The quantitative estimate of drug-likeness (QED) is 0.842. The van der Waals surface area contributed by atoms with Gasteiger partial charge in [-0.15, -0.1) is 0 Å². The number of aryl methyl sites for hydroxylation is 1. The van der Waals surface area contributed by atoms with E-state index in [1.165, 1.54) is 10.6 Å². The summed E-state index contributed by atoms with van der Waals surface area (Å²) < 4.78 is 7.07. The van der Waals surface area contributed by atoms with Crippen LogP contribution in [-0.4, -0.2) is 46.5 Å². The Kier molecular flexibility index (Phi) is 4.94. The molecule has 3 rings (SSSR count). The minimum atomic E-state index is -0.311. The van der Waals surface area contributed by atoms with Crippen molar-refractivity contribution in [3.63, 3.8) is 0 Å². The Morgan fingerprint density at radius 1 is 1.46 bits per heavy atom. The van der Waals surface area contributed by atoms with E-state index in [1.807, 2.05) is 19.1 Å². The van der Waals surface area contributed by atoms with Crippen molar-refractivity contribution in [1.82, 2.24) is 14.3 Å². The summed E-state index contributed by atoms with van der Waals surface area (Å²) in [5, 5.41) is 0. The van der Waals surface area contributed by atoms with E-state index in [2.05, 4.69) is 4.98 Å². The summed E-state index contributed by atoms with van der Waals surface area (Å²) in [6, 6.07) is 5.43. The zero-order valence-corrected chi connectivity index (χ0v) is 14.2. The number of ether oxygens (including phenoxy) is 1. The molecule has 1 amide bonds. The molecule has 1 aliphatic rings. The molecule has 0 radical (unpaired) electrons. The first kappa shape index (κ1) is 16.6. The highest BCUT2D eigenvalue weighted by molar-refractivity contribution is 5.93. The van der Waals surface area contributed by atoms with Gasteiger partial charge >= 0.3 is 0 Å². The monoisotopic (exact) mass is 329 g/mol. The van der Waals surface area contributed by atoms with Crippen LogP contribution in [0.15, 0.2) is 29.2 Å². The highest BCUT2D eigenvalue weighted by Crippen LogP contribution is 2.17. The van der Waals surface area contributed by atoms with Crippen molar-refractivity contribution in [3.05, 3.63) is 46.0 Å². The van der Waals surface area contributed by atoms with Crippen molar-refractivity contribution in [1.29, 1.82) is 0 Å². The van der Waals surface area contributed by atoms with Gasteiger partial charge in [0.25, 0.3) is 11.5 Å². The third kappa shape index (κ3) is 3.33. The maximum atomic E-state index is 12.6. The summed E-state index contributed by atoms with van der Waals surface area (Å²) in [6.45, 7) is 3.28. The number of rotatable bonds is 5. The van der Waals surface area contributed by atoms with Crippen LogP contribution in [0.2, 0.25) is 0 Å². The molecule has 1 aliphatic heterocycles. The number of aromatic nitrogens is 2. The molecular weight excluding hydrogens is 306 g/mol. The molecule has 0 spiro atoms. The lowest BCUT2D eigenvalue weighted by molar-refractivity contribution is 0.0761. The van der Waals surface area contributed by atoms with E-state index in [0.717, 1.165) is 38.0 Å². The van der Waals surface area contributed by atoms with Gasteiger partial charge in [0.15, 0.2) is 0 Å². The molecule has 1 atom stereocenters. The minimum absolute atomic E-state index is 0.112. The Morgan fingerprint density at radius 2 is 2.29 bits per heavy atom. The Bertz CT molecular complexity index is 794. The van der Waals surface area contributed by atoms with Crippen molar-refractivity contribution in [2.24, 2.45) is 0 Å². The molecule has 6 heteroatoms. The largest absolute Gasteiger partial charge is 0.378 e. The first-order valence-electron chi connectivity index (χ1n) is 8.42. The third-order valence-electron chi connectivity index (χ3n) is 4.54. The predicted octanol–water partition coefficient (Wildman–Crippen LogP) is 2.03. The van der Waals surface area contributed by atoms with Gasteiger partial charge in [-0.3, -0.25) is 14.0 Å². The smallest absolute Gasteiger partial charge is 0.270 e. The number of fused-ring (bicyclic) bond motifs is 1. The lowest BCUT2D eigenvalue weighted by Gasteiger charge is -2.18. The normalized spacial score (nSPS) is 17.3. The van der Waals surface area contributed by atoms with Crippen LogP contribution >= 0.6 is 0 Å². The van der Waals surface area contributed by atoms with Crippen LogP contribution in [0.3, 0.4) is 0 Å². The molecule has 0 N–H and O–H groups in total. The second-order valence-corrected chi connectivity index (χ2v) is 6.34. The average molecular weight is 329 g/mol. The van der Waals surface area contributed by atoms with Gasteiger partial charge in [-0.25, -0.2) is 4.98 Å². The van der Waals surface area contributed by atoms with Gasteiger partial charge in [0, 0.05) is 32.1 Å². The van der Waals surface area contributed by atoms with Gasteiger partial charge in [0.05, 0.1) is 6.10 Å². The fourth-order valence-corrected chi connectivity index (χ4v) is 3.16. The molecule has 3 heterocycles. The summed E-state index contributed by atoms with van der Waals surface area (Å²) in [4.78, 5) is 31.1. The zero-order chi connectivity index (χ0) is 17.1. The number of carbonyl (C=O) groups is 1. The maximum Gasteiger partial charge on any atom is 0.270 e. The average Bonchev–Trinajstić information content (AvgIpc) is 3.08. The molecule has 1 fully saturated rings. The molecule has 0 aromatic carbocycles.